The van der Waals surface area contributed by atoms with Crippen LogP contribution in [0.5, 0.6) is 0 Å². The third-order valence-corrected chi connectivity index (χ3v) is 3.74. The minimum atomic E-state index is 0.128. The van der Waals surface area contributed by atoms with Crippen molar-refractivity contribution in [2.75, 3.05) is 0 Å². The van der Waals surface area contributed by atoms with Crippen LogP contribution in [0.3, 0.4) is 0 Å². The zero-order chi connectivity index (χ0) is 13.2. The second kappa shape index (κ2) is 4.88. The standard InChI is InChI=1S/C17H17NO/c1-12-7-8-14-11-18-17(19)10-16(15(14)9-12)13-5-3-2-4-6-13/h2-9,16H,10-11H2,1H3,(H,18,19). The summed E-state index contributed by atoms with van der Waals surface area (Å²) in [4.78, 5) is 11.9. The van der Waals surface area contributed by atoms with Crippen LogP contribution in [0.1, 0.15) is 34.6 Å². The van der Waals surface area contributed by atoms with Gasteiger partial charge in [-0.3, -0.25) is 4.79 Å². The van der Waals surface area contributed by atoms with Crippen molar-refractivity contribution >= 4 is 5.91 Å². The Morgan fingerprint density at radius 2 is 1.89 bits per heavy atom. The molecule has 0 aliphatic carbocycles. The summed E-state index contributed by atoms with van der Waals surface area (Å²) < 4.78 is 0. The van der Waals surface area contributed by atoms with Crippen molar-refractivity contribution in [1.82, 2.24) is 5.32 Å². The number of rotatable bonds is 1. The van der Waals surface area contributed by atoms with E-state index in [1.165, 1.54) is 22.3 Å². The van der Waals surface area contributed by atoms with Gasteiger partial charge in [-0.2, -0.15) is 0 Å². The number of aryl methyl sites for hydroxylation is 1. The van der Waals surface area contributed by atoms with Crippen molar-refractivity contribution in [1.29, 1.82) is 0 Å². The van der Waals surface area contributed by atoms with E-state index in [0.717, 1.165) is 0 Å². The molecule has 2 aromatic carbocycles. The van der Waals surface area contributed by atoms with E-state index in [-0.39, 0.29) is 11.8 Å². The van der Waals surface area contributed by atoms with Gasteiger partial charge in [-0.25, -0.2) is 0 Å². The predicted molar refractivity (Wildman–Crippen MR) is 75.9 cm³/mol. The summed E-state index contributed by atoms with van der Waals surface area (Å²) in [5.74, 6) is 0.293. The molecular weight excluding hydrogens is 234 g/mol. The van der Waals surface area contributed by atoms with E-state index in [9.17, 15) is 4.79 Å². The van der Waals surface area contributed by atoms with E-state index in [1.807, 2.05) is 18.2 Å². The number of carbonyl (C=O) groups is 1. The lowest BCUT2D eigenvalue weighted by Gasteiger charge is -2.17. The van der Waals surface area contributed by atoms with Crippen molar-refractivity contribution in [2.24, 2.45) is 0 Å². The predicted octanol–water partition coefficient (Wildman–Crippen LogP) is 3.15. The monoisotopic (exact) mass is 251 g/mol. The van der Waals surface area contributed by atoms with Crippen LogP contribution in [0, 0.1) is 6.92 Å². The minimum Gasteiger partial charge on any atom is -0.352 e. The van der Waals surface area contributed by atoms with Crippen LogP contribution in [-0.2, 0) is 11.3 Å². The molecule has 0 saturated carbocycles. The molecule has 1 unspecified atom stereocenters. The molecule has 2 aromatic rings. The molecule has 0 bridgehead atoms. The van der Waals surface area contributed by atoms with Crippen LogP contribution in [0.4, 0.5) is 0 Å². The average molecular weight is 251 g/mol. The summed E-state index contributed by atoms with van der Waals surface area (Å²) in [6.45, 7) is 2.74. The van der Waals surface area contributed by atoms with Crippen molar-refractivity contribution in [3.8, 4) is 0 Å². The molecule has 1 aliphatic heterocycles. The molecule has 0 saturated heterocycles. The van der Waals surface area contributed by atoms with E-state index in [4.69, 9.17) is 0 Å². The first-order valence-electron chi connectivity index (χ1n) is 6.65. The first kappa shape index (κ1) is 12.0. The fraction of sp³-hybridized carbons (Fsp3) is 0.235. The van der Waals surface area contributed by atoms with Gasteiger partial charge < -0.3 is 5.32 Å². The number of benzene rings is 2. The fourth-order valence-electron chi connectivity index (χ4n) is 2.74. The van der Waals surface area contributed by atoms with E-state index < -0.39 is 0 Å². The summed E-state index contributed by atoms with van der Waals surface area (Å²) >= 11 is 0. The van der Waals surface area contributed by atoms with E-state index in [2.05, 4.69) is 42.6 Å². The normalized spacial score (nSPS) is 18.4. The molecule has 2 nitrogen and oxygen atoms in total. The maximum Gasteiger partial charge on any atom is 0.221 e. The lowest BCUT2D eigenvalue weighted by atomic mass is 9.86. The van der Waals surface area contributed by atoms with Crippen LogP contribution in [0.25, 0.3) is 0 Å². The Balaban J connectivity index is 2.12. The van der Waals surface area contributed by atoms with Gasteiger partial charge in [0.25, 0.3) is 0 Å². The van der Waals surface area contributed by atoms with Gasteiger partial charge in [0.1, 0.15) is 0 Å². The summed E-state index contributed by atoms with van der Waals surface area (Å²) in [5.41, 5.74) is 4.97. The summed E-state index contributed by atoms with van der Waals surface area (Å²) in [7, 11) is 0. The highest BCUT2D eigenvalue weighted by Crippen LogP contribution is 2.32. The van der Waals surface area contributed by atoms with Gasteiger partial charge in [-0.1, -0.05) is 54.1 Å². The molecule has 19 heavy (non-hydrogen) atoms. The summed E-state index contributed by atoms with van der Waals surface area (Å²) in [6, 6.07) is 16.8. The second-order valence-corrected chi connectivity index (χ2v) is 5.15. The highest BCUT2D eigenvalue weighted by Gasteiger charge is 2.23. The zero-order valence-corrected chi connectivity index (χ0v) is 11.0. The third kappa shape index (κ3) is 2.39. The van der Waals surface area contributed by atoms with Gasteiger partial charge >= 0.3 is 0 Å². The SMILES string of the molecule is Cc1ccc2c(c1)C(c1ccccc1)CC(=O)NC2. The molecule has 1 amide bonds. The smallest absolute Gasteiger partial charge is 0.221 e. The van der Waals surface area contributed by atoms with Crippen LogP contribution in [-0.4, -0.2) is 5.91 Å². The Hall–Kier alpha value is -2.09. The first-order valence-corrected chi connectivity index (χ1v) is 6.65. The van der Waals surface area contributed by atoms with Crippen molar-refractivity contribution in [3.63, 3.8) is 0 Å². The summed E-state index contributed by atoms with van der Waals surface area (Å²) in [6.07, 6.45) is 0.528. The zero-order valence-electron chi connectivity index (χ0n) is 11.0. The second-order valence-electron chi connectivity index (χ2n) is 5.15. The topological polar surface area (TPSA) is 29.1 Å². The van der Waals surface area contributed by atoms with Crippen molar-refractivity contribution < 1.29 is 4.79 Å². The van der Waals surface area contributed by atoms with Gasteiger partial charge in [0, 0.05) is 18.9 Å². The van der Waals surface area contributed by atoms with E-state index in [0.29, 0.717) is 13.0 Å². The molecule has 0 aromatic heterocycles. The number of carbonyl (C=O) groups excluding carboxylic acids is 1. The molecule has 1 aliphatic rings. The molecule has 0 spiro atoms. The number of hydrogen-bond acceptors (Lipinski definition) is 1. The molecule has 1 atom stereocenters. The summed E-state index contributed by atoms with van der Waals surface area (Å²) in [5, 5.41) is 2.98. The molecule has 0 radical (unpaired) electrons. The molecule has 96 valence electrons. The van der Waals surface area contributed by atoms with Gasteiger partial charge in [0.15, 0.2) is 0 Å². The van der Waals surface area contributed by atoms with Crippen LogP contribution in [0.15, 0.2) is 48.5 Å². The first-order chi connectivity index (χ1) is 9.24. The molecule has 0 fully saturated rings. The van der Waals surface area contributed by atoms with Gasteiger partial charge in [0.2, 0.25) is 5.91 Å². The maximum atomic E-state index is 11.9. The van der Waals surface area contributed by atoms with Crippen LogP contribution < -0.4 is 5.32 Å². The number of hydrogen-bond donors (Lipinski definition) is 1. The third-order valence-electron chi connectivity index (χ3n) is 3.74. The lowest BCUT2D eigenvalue weighted by molar-refractivity contribution is -0.121. The minimum absolute atomic E-state index is 0.128. The number of nitrogens with one attached hydrogen (secondary N) is 1. The Bertz CT molecular complexity index is 604. The van der Waals surface area contributed by atoms with Crippen molar-refractivity contribution in [2.45, 2.75) is 25.8 Å². The molecule has 3 rings (SSSR count). The van der Waals surface area contributed by atoms with E-state index in [1.54, 1.807) is 0 Å². The van der Waals surface area contributed by atoms with Crippen molar-refractivity contribution in [3.05, 3.63) is 70.8 Å². The van der Waals surface area contributed by atoms with Gasteiger partial charge in [0.05, 0.1) is 0 Å². The molecule has 1 heterocycles. The molecule has 1 N–H and O–H groups in total. The van der Waals surface area contributed by atoms with Gasteiger partial charge in [-0.05, 0) is 23.6 Å². The van der Waals surface area contributed by atoms with Crippen LogP contribution >= 0.6 is 0 Å². The average Bonchev–Trinajstić information content (AvgIpc) is 2.59. The quantitative estimate of drug-likeness (QED) is 0.828. The Morgan fingerprint density at radius 3 is 2.68 bits per heavy atom. The largest absolute Gasteiger partial charge is 0.352 e. The Kier molecular flexibility index (Phi) is 3.08. The van der Waals surface area contributed by atoms with Gasteiger partial charge in [-0.15, -0.1) is 0 Å². The van der Waals surface area contributed by atoms with Crippen LogP contribution in [0.2, 0.25) is 0 Å². The number of amides is 1. The van der Waals surface area contributed by atoms with E-state index >= 15 is 0 Å². The fourth-order valence-corrected chi connectivity index (χ4v) is 2.74. The number of fused-ring (bicyclic) bond motifs is 1. The maximum absolute atomic E-state index is 11.9. The molecular formula is C17H17NO. The highest BCUT2D eigenvalue weighted by atomic mass is 16.1. The Labute approximate surface area is 113 Å². The molecule has 2 heteroatoms. The lowest BCUT2D eigenvalue weighted by Crippen LogP contribution is -2.21. The highest BCUT2D eigenvalue weighted by molar-refractivity contribution is 5.78. The Morgan fingerprint density at radius 1 is 1.11 bits per heavy atom.